The van der Waals surface area contributed by atoms with Crippen molar-refractivity contribution in [2.24, 2.45) is 17.8 Å². The van der Waals surface area contributed by atoms with Crippen molar-refractivity contribution < 1.29 is 14.3 Å². The largest absolute Gasteiger partial charge is 0.447 e. The minimum atomic E-state index is -0.494. The maximum Gasteiger partial charge on any atom is 0.416 e. The molecule has 17 heavy (non-hydrogen) atoms. The van der Waals surface area contributed by atoms with Gasteiger partial charge in [0.2, 0.25) is 5.91 Å². The molecule has 94 valence electrons. The highest BCUT2D eigenvalue weighted by Gasteiger charge is 2.39. The molecule has 1 heterocycles. The fraction of sp³-hybridized carbons (Fsp3) is 0.692. The topological polar surface area (TPSA) is 46.6 Å². The van der Waals surface area contributed by atoms with Crippen molar-refractivity contribution in [1.29, 1.82) is 0 Å². The van der Waals surface area contributed by atoms with Crippen molar-refractivity contribution in [3.05, 3.63) is 12.2 Å². The van der Waals surface area contributed by atoms with Gasteiger partial charge in [-0.2, -0.15) is 0 Å². The predicted molar refractivity (Wildman–Crippen MR) is 63.3 cm³/mol. The van der Waals surface area contributed by atoms with E-state index in [9.17, 15) is 9.59 Å². The molecule has 4 nitrogen and oxygen atoms in total. The number of cyclic esters (lactones) is 1. The number of carbonyl (C=O) groups is 2. The summed E-state index contributed by atoms with van der Waals surface area (Å²) in [5.74, 6) is 0.537. The van der Waals surface area contributed by atoms with E-state index in [1.54, 1.807) is 0 Å². The van der Waals surface area contributed by atoms with Gasteiger partial charge in [-0.1, -0.05) is 26.0 Å². The van der Waals surface area contributed by atoms with Crippen LogP contribution in [0.3, 0.4) is 0 Å². The van der Waals surface area contributed by atoms with Crippen LogP contribution in [0.1, 0.15) is 26.7 Å². The van der Waals surface area contributed by atoms with E-state index in [2.05, 4.69) is 20.4 Å². The first kappa shape index (κ1) is 12.1. The molecule has 1 aliphatic carbocycles. The third kappa shape index (κ3) is 2.21. The summed E-state index contributed by atoms with van der Waals surface area (Å²) in [6.07, 6.45) is 1.19. The van der Waals surface area contributed by atoms with Crippen LogP contribution in [-0.2, 0) is 9.53 Å². The minimum Gasteiger partial charge on any atom is -0.447 e. The summed E-state index contributed by atoms with van der Waals surface area (Å²) >= 11 is 0. The van der Waals surface area contributed by atoms with Gasteiger partial charge < -0.3 is 4.74 Å². The Labute approximate surface area is 102 Å². The fourth-order valence-electron chi connectivity index (χ4n) is 2.72. The number of nitrogens with zero attached hydrogens (tertiary/aromatic N) is 1. The highest BCUT2D eigenvalue weighted by atomic mass is 16.6. The van der Waals surface area contributed by atoms with E-state index >= 15 is 0 Å². The van der Waals surface area contributed by atoms with Crippen molar-refractivity contribution in [3.8, 4) is 0 Å². The second-order valence-corrected chi connectivity index (χ2v) is 5.21. The minimum absolute atomic E-state index is 0.0901. The number of amides is 2. The van der Waals surface area contributed by atoms with Crippen molar-refractivity contribution in [2.75, 3.05) is 13.2 Å². The van der Waals surface area contributed by atoms with Crippen molar-refractivity contribution in [3.63, 3.8) is 0 Å². The van der Waals surface area contributed by atoms with Crippen molar-refractivity contribution >= 4 is 12.0 Å². The average molecular weight is 237 g/mol. The Kier molecular flexibility index (Phi) is 3.22. The van der Waals surface area contributed by atoms with Gasteiger partial charge in [0.1, 0.15) is 6.61 Å². The average Bonchev–Trinajstić information content (AvgIpc) is 2.69. The van der Waals surface area contributed by atoms with Crippen molar-refractivity contribution in [2.45, 2.75) is 26.7 Å². The Morgan fingerprint density at radius 1 is 1.41 bits per heavy atom. The molecule has 2 amide bonds. The van der Waals surface area contributed by atoms with Gasteiger partial charge in [-0.3, -0.25) is 4.79 Å². The highest BCUT2D eigenvalue weighted by molar-refractivity contribution is 5.94. The quantitative estimate of drug-likeness (QED) is 0.657. The second kappa shape index (κ2) is 4.51. The number of ether oxygens (including phenoxy) is 1. The van der Waals surface area contributed by atoms with Crippen LogP contribution in [0.5, 0.6) is 0 Å². The van der Waals surface area contributed by atoms with Gasteiger partial charge in [-0.05, 0) is 24.7 Å². The van der Waals surface area contributed by atoms with E-state index in [1.165, 1.54) is 4.90 Å². The molecule has 4 heteroatoms. The number of hydrogen-bond acceptors (Lipinski definition) is 3. The molecular weight excluding hydrogens is 218 g/mol. The molecular formula is C13H19NO3. The molecule has 3 atom stereocenters. The molecule has 0 radical (unpaired) electrons. The van der Waals surface area contributed by atoms with Crippen LogP contribution < -0.4 is 0 Å². The van der Waals surface area contributed by atoms with Crippen molar-refractivity contribution in [1.82, 2.24) is 4.90 Å². The lowest BCUT2D eigenvalue weighted by atomic mass is 9.71. The van der Waals surface area contributed by atoms with E-state index in [-0.39, 0.29) is 11.8 Å². The Morgan fingerprint density at radius 2 is 2.12 bits per heavy atom. The zero-order valence-electron chi connectivity index (χ0n) is 10.4. The zero-order valence-corrected chi connectivity index (χ0v) is 10.4. The van der Waals surface area contributed by atoms with Gasteiger partial charge >= 0.3 is 6.09 Å². The SMILES string of the molecule is C=C1C[C@@H](C)[C@H](C)[C@@H](C(=O)N2CCOC2=O)C1. The molecule has 2 fully saturated rings. The Hall–Kier alpha value is -1.32. The predicted octanol–water partition coefficient (Wildman–Crippen LogP) is 2.20. The van der Waals surface area contributed by atoms with Crippen LogP contribution >= 0.6 is 0 Å². The van der Waals surface area contributed by atoms with Gasteiger partial charge in [0, 0.05) is 5.92 Å². The fourth-order valence-corrected chi connectivity index (χ4v) is 2.72. The first-order valence-corrected chi connectivity index (χ1v) is 6.15. The molecule has 0 aromatic rings. The molecule has 2 rings (SSSR count). The maximum absolute atomic E-state index is 12.3. The summed E-state index contributed by atoms with van der Waals surface area (Å²) in [5.41, 5.74) is 1.11. The summed E-state index contributed by atoms with van der Waals surface area (Å²) in [6.45, 7) is 8.92. The first-order chi connectivity index (χ1) is 8.00. The first-order valence-electron chi connectivity index (χ1n) is 6.15. The lowest BCUT2D eigenvalue weighted by Gasteiger charge is -2.35. The maximum atomic E-state index is 12.3. The third-order valence-electron chi connectivity index (χ3n) is 4.00. The third-order valence-corrected chi connectivity index (χ3v) is 4.00. The van der Waals surface area contributed by atoms with Gasteiger partial charge in [-0.15, -0.1) is 0 Å². The highest BCUT2D eigenvalue weighted by Crippen LogP contribution is 2.38. The summed E-state index contributed by atoms with van der Waals surface area (Å²) < 4.78 is 4.81. The summed E-state index contributed by atoms with van der Waals surface area (Å²) in [7, 11) is 0. The van der Waals surface area contributed by atoms with Crippen LogP contribution in [0.2, 0.25) is 0 Å². The molecule has 0 bridgehead atoms. The molecule has 0 spiro atoms. The van der Waals surface area contributed by atoms with Crippen LogP contribution in [0.4, 0.5) is 4.79 Å². The lowest BCUT2D eigenvalue weighted by molar-refractivity contribution is -0.134. The molecule has 0 unspecified atom stereocenters. The van der Waals surface area contributed by atoms with E-state index in [0.29, 0.717) is 31.4 Å². The Bertz CT molecular complexity index is 364. The summed E-state index contributed by atoms with van der Waals surface area (Å²) in [4.78, 5) is 24.9. The van der Waals surface area contributed by atoms with Crippen LogP contribution in [-0.4, -0.2) is 30.1 Å². The Morgan fingerprint density at radius 3 is 2.71 bits per heavy atom. The van der Waals surface area contributed by atoms with Gasteiger partial charge in [-0.25, -0.2) is 9.69 Å². The molecule has 0 aromatic heterocycles. The molecule has 0 aromatic carbocycles. The standard InChI is InChI=1S/C13H19NO3/c1-8-6-9(2)10(3)11(7-8)12(15)14-4-5-17-13(14)16/h9-11H,1,4-7H2,2-3H3/t9-,10+,11+/m1/s1. The lowest BCUT2D eigenvalue weighted by Crippen LogP contribution is -2.42. The summed E-state index contributed by atoms with van der Waals surface area (Å²) in [6, 6.07) is 0. The van der Waals surface area contributed by atoms with E-state index in [0.717, 1.165) is 12.0 Å². The van der Waals surface area contributed by atoms with Crippen LogP contribution in [0.15, 0.2) is 12.2 Å². The van der Waals surface area contributed by atoms with Gasteiger partial charge in [0.25, 0.3) is 0 Å². The number of imide groups is 1. The summed E-state index contributed by atoms with van der Waals surface area (Å²) in [5, 5.41) is 0. The molecule has 1 saturated heterocycles. The van der Waals surface area contributed by atoms with Crippen LogP contribution in [0.25, 0.3) is 0 Å². The second-order valence-electron chi connectivity index (χ2n) is 5.21. The zero-order chi connectivity index (χ0) is 12.6. The van der Waals surface area contributed by atoms with E-state index in [1.807, 2.05) is 0 Å². The number of rotatable bonds is 1. The number of carbonyl (C=O) groups excluding carboxylic acids is 2. The smallest absolute Gasteiger partial charge is 0.416 e. The van der Waals surface area contributed by atoms with Gasteiger partial charge in [0.15, 0.2) is 0 Å². The normalized spacial score (nSPS) is 33.8. The van der Waals surface area contributed by atoms with E-state index in [4.69, 9.17) is 4.74 Å². The van der Waals surface area contributed by atoms with Gasteiger partial charge in [0.05, 0.1) is 6.54 Å². The monoisotopic (exact) mass is 237 g/mol. The number of allylic oxidation sites excluding steroid dienone is 1. The molecule has 1 aliphatic heterocycles. The Balaban J connectivity index is 2.12. The van der Waals surface area contributed by atoms with Crippen LogP contribution in [0, 0.1) is 17.8 Å². The number of hydrogen-bond donors (Lipinski definition) is 0. The molecule has 1 saturated carbocycles. The van der Waals surface area contributed by atoms with E-state index < -0.39 is 6.09 Å². The molecule has 0 N–H and O–H groups in total. The molecule has 2 aliphatic rings.